The Kier molecular flexibility index (Phi) is 6.08. The molecule has 2 rings (SSSR count). The van der Waals surface area contributed by atoms with Crippen molar-refractivity contribution in [2.45, 2.75) is 0 Å². The highest BCUT2D eigenvalue weighted by molar-refractivity contribution is 5.90. The zero-order chi connectivity index (χ0) is 17.4. The van der Waals surface area contributed by atoms with E-state index in [1.807, 2.05) is 24.3 Å². The van der Waals surface area contributed by atoms with Crippen molar-refractivity contribution in [3.05, 3.63) is 54.2 Å². The van der Waals surface area contributed by atoms with Crippen molar-refractivity contribution in [3.63, 3.8) is 0 Å². The first kappa shape index (κ1) is 17.2. The van der Waals surface area contributed by atoms with Crippen LogP contribution in [-0.4, -0.2) is 27.4 Å². The zero-order valence-electron chi connectivity index (χ0n) is 13.8. The summed E-state index contributed by atoms with van der Waals surface area (Å²) in [6, 6.07) is 12.3. The van der Waals surface area contributed by atoms with Gasteiger partial charge in [0, 0.05) is 18.0 Å². The third kappa shape index (κ3) is 4.67. The molecule has 6 heteroatoms. The van der Waals surface area contributed by atoms with Gasteiger partial charge in [0.25, 0.3) is 0 Å². The molecule has 0 aliphatic rings. The molecule has 0 aliphatic carbocycles. The second kappa shape index (κ2) is 8.47. The number of rotatable bonds is 6. The molecule has 0 aromatic heterocycles. The molecule has 24 heavy (non-hydrogen) atoms. The summed E-state index contributed by atoms with van der Waals surface area (Å²) in [4.78, 5) is 11.9. The van der Waals surface area contributed by atoms with E-state index in [-0.39, 0.29) is 6.03 Å². The van der Waals surface area contributed by atoms with Crippen LogP contribution in [0.3, 0.4) is 0 Å². The second-order valence-electron chi connectivity index (χ2n) is 4.77. The van der Waals surface area contributed by atoms with Gasteiger partial charge in [-0.15, -0.1) is 0 Å². The molecule has 0 atom stereocenters. The Hall–Kier alpha value is -3.15. The number of anilines is 1. The number of nitrogens with one attached hydrogen (secondary N) is 2. The van der Waals surface area contributed by atoms with Crippen molar-refractivity contribution in [2.24, 2.45) is 0 Å². The Balaban J connectivity index is 1.91. The zero-order valence-corrected chi connectivity index (χ0v) is 13.8. The summed E-state index contributed by atoms with van der Waals surface area (Å²) in [6.45, 7) is 0. The lowest BCUT2D eigenvalue weighted by Gasteiger charge is -2.10. The van der Waals surface area contributed by atoms with Crippen LogP contribution in [0.2, 0.25) is 0 Å². The largest absolute Gasteiger partial charge is 0.497 e. The van der Waals surface area contributed by atoms with Gasteiger partial charge >= 0.3 is 6.03 Å². The van der Waals surface area contributed by atoms with Crippen molar-refractivity contribution >= 4 is 17.8 Å². The van der Waals surface area contributed by atoms with Crippen LogP contribution in [0, 0.1) is 0 Å². The van der Waals surface area contributed by atoms with Crippen LogP contribution >= 0.6 is 0 Å². The van der Waals surface area contributed by atoms with E-state index in [1.54, 1.807) is 51.8 Å². The number of ether oxygens (including phenoxy) is 3. The van der Waals surface area contributed by atoms with E-state index >= 15 is 0 Å². The number of amides is 2. The molecule has 0 aliphatic heterocycles. The summed E-state index contributed by atoms with van der Waals surface area (Å²) in [5, 5.41) is 5.36. The number of methoxy groups -OCH3 is 3. The maximum absolute atomic E-state index is 11.9. The molecular formula is C18H20N2O4. The minimum absolute atomic E-state index is 0.355. The molecule has 6 nitrogen and oxygen atoms in total. The van der Waals surface area contributed by atoms with Gasteiger partial charge in [-0.05, 0) is 35.9 Å². The summed E-state index contributed by atoms with van der Waals surface area (Å²) in [6.07, 6.45) is 3.35. The molecule has 0 bridgehead atoms. The SMILES string of the molecule is COc1ccc(/C=C/NC(=O)Nc2ccc(OC)c(OC)c2)cc1. The molecule has 0 heterocycles. The Morgan fingerprint density at radius 3 is 2.25 bits per heavy atom. The number of carbonyl (C=O) groups excluding carboxylic acids is 1. The minimum atomic E-state index is -0.355. The lowest BCUT2D eigenvalue weighted by molar-refractivity contribution is 0.255. The Labute approximate surface area is 141 Å². The second-order valence-corrected chi connectivity index (χ2v) is 4.77. The summed E-state index contributed by atoms with van der Waals surface area (Å²) >= 11 is 0. The third-order valence-electron chi connectivity index (χ3n) is 3.25. The number of benzene rings is 2. The monoisotopic (exact) mass is 328 g/mol. The van der Waals surface area contributed by atoms with Gasteiger partial charge in [-0.1, -0.05) is 12.1 Å². The number of urea groups is 1. The normalized spacial score (nSPS) is 10.3. The molecule has 0 saturated carbocycles. The summed E-state index contributed by atoms with van der Waals surface area (Å²) < 4.78 is 15.4. The molecule has 2 aromatic rings. The molecule has 0 spiro atoms. The highest BCUT2D eigenvalue weighted by Gasteiger charge is 2.06. The average Bonchev–Trinajstić information content (AvgIpc) is 2.62. The van der Waals surface area contributed by atoms with Crippen LogP contribution in [0.4, 0.5) is 10.5 Å². The van der Waals surface area contributed by atoms with Crippen LogP contribution < -0.4 is 24.8 Å². The lowest BCUT2D eigenvalue weighted by Crippen LogP contribution is -2.23. The van der Waals surface area contributed by atoms with Crippen molar-refractivity contribution in [2.75, 3.05) is 26.6 Å². The molecule has 2 N–H and O–H groups in total. The quantitative estimate of drug-likeness (QED) is 0.851. The Morgan fingerprint density at radius 1 is 0.917 bits per heavy atom. The average molecular weight is 328 g/mol. The van der Waals surface area contributed by atoms with Gasteiger partial charge in [-0.2, -0.15) is 0 Å². The van der Waals surface area contributed by atoms with Gasteiger partial charge in [-0.3, -0.25) is 0 Å². The molecule has 0 unspecified atom stereocenters. The van der Waals surface area contributed by atoms with Crippen LogP contribution in [0.25, 0.3) is 6.08 Å². The van der Waals surface area contributed by atoms with Crippen LogP contribution in [0.5, 0.6) is 17.2 Å². The van der Waals surface area contributed by atoms with Gasteiger partial charge in [0.2, 0.25) is 0 Å². The van der Waals surface area contributed by atoms with Gasteiger partial charge in [0.15, 0.2) is 11.5 Å². The third-order valence-corrected chi connectivity index (χ3v) is 3.25. The number of hydrogen-bond donors (Lipinski definition) is 2. The fourth-order valence-corrected chi connectivity index (χ4v) is 2.01. The van der Waals surface area contributed by atoms with Gasteiger partial charge in [0.1, 0.15) is 5.75 Å². The first-order chi connectivity index (χ1) is 11.7. The molecule has 126 valence electrons. The number of carbonyl (C=O) groups is 1. The predicted octanol–water partition coefficient (Wildman–Crippen LogP) is 3.50. The smallest absolute Gasteiger partial charge is 0.323 e. The maximum atomic E-state index is 11.9. The topological polar surface area (TPSA) is 68.8 Å². The van der Waals surface area contributed by atoms with E-state index in [9.17, 15) is 4.79 Å². The first-order valence-electron chi connectivity index (χ1n) is 7.26. The fourth-order valence-electron chi connectivity index (χ4n) is 2.01. The Morgan fingerprint density at radius 2 is 1.62 bits per heavy atom. The Bertz CT molecular complexity index is 711. The number of hydrogen-bond acceptors (Lipinski definition) is 4. The van der Waals surface area contributed by atoms with Gasteiger partial charge in [0.05, 0.1) is 21.3 Å². The van der Waals surface area contributed by atoms with Crippen molar-refractivity contribution < 1.29 is 19.0 Å². The van der Waals surface area contributed by atoms with E-state index in [4.69, 9.17) is 14.2 Å². The van der Waals surface area contributed by atoms with Gasteiger partial charge in [-0.25, -0.2) is 4.79 Å². The molecule has 0 radical (unpaired) electrons. The van der Waals surface area contributed by atoms with E-state index in [2.05, 4.69) is 10.6 Å². The summed E-state index contributed by atoms with van der Waals surface area (Å²) in [5.41, 5.74) is 1.55. The van der Waals surface area contributed by atoms with Crippen LogP contribution in [-0.2, 0) is 0 Å². The van der Waals surface area contributed by atoms with E-state index in [0.717, 1.165) is 11.3 Å². The van der Waals surface area contributed by atoms with E-state index in [0.29, 0.717) is 17.2 Å². The standard InChI is InChI=1S/C18H20N2O4/c1-22-15-7-4-13(5-8-15)10-11-19-18(21)20-14-6-9-16(23-2)17(12-14)24-3/h4-12H,1-3H3,(H2,19,20,21)/b11-10+. The highest BCUT2D eigenvalue weighted by atomic mass is 16.5. The molecule has 0 fully saturated rings. The van der Waals surface area contributed by atoms with Crippen molar-refractivity contribution in [3.8, 4) is 17.2 Å². The summed E-state index contributed by atoms with van der Waals surface area (Å²) in [7, 11) is 4.71. The fraction of sp³-hybridized carbons (Fsp3) is 0.167. The molecule has 2 aromatic carbocycles. The highest BCUT2D eigenvalue weighted by Crippen LogP contribution is 2.29. The minimum Gasteiger partial charge on any atom is -0.497 e. The molecule has 0 saturated heterocycles. The van der Waals surface area contributed by atoms with E-state index in [1.165, 1.54) is 0 Å². The lowest BCUT2D eigenvalue weighted by atomic mass is 10.2. The van der Waals surface area contributed by atoms with Gasteiger partial charge < -0.3 is 24.8 Å². The first-order valence-corrected chi connectivity index (χ1v) is 7.26. The maximum Gasteiger partial charge on any atom is 0.323 e. The predicted molar refractivity (Wildman–Crippen MR) is 93.7 cm³/mol. The van der Waals surface area contributed by atoms with Crippen molar-refractivity contribution in [1.29, 1.82) is 0 Å². The van der Waals surface area contributed by atoms with Crippen LogP contribution in [0.15, 0.2) is 48.7 Å². The van der Waals surface area contributed by atoms with Crippen LogP contribution in [0.1, 0.15) is 5.56 Å². The van der Waals surface area contributed by atoms with Crippen molar-refractivity contribution in [1.82, 2.24) is 5.32 Å². The summed E-state index contributed by atoms with van der Waals surface area (Å²) in [5.74, 6) is 1.93. The van der Waals surface area contributed by atoms with E-state index < -0.39 is 0 Å². The molecule has 2 amide bonds. The molecular weight excluding hydrogens is 308 g/mol.